The van der Waals surface area contributed by atoms with E-state index in [0.29, 0.717) is 49.4 Å². The predicted octanol–water partition coefficient (Wildman–Crippen LogP) is 1.83. The van der Waals surface area contributed by atoms with E-state index in [0.717, 1.165) is 0 Å². The van der Waals surface area contributed by atoms with Crippen LogP contribution in [-0.2, 0) is 44.7 Å². The highest BCUT2D eigenvalue weighted by Gasteiger charge is 2.46. The Balaban J connectivity index is 1.48. The van der Waals surface area contributed by atoms with Gasteiger partial charge >= 0.3 is 0 Å². The van der Waals surface area contributed by atoms with Crippen molar-refractivity contribution in [1.82, 2.24) is 31.1 Å². The van der Waals surface area contributed by atoms with Crippen LogP contribution >= 0.6 is 0 Å². The molecule has 56 heavy (non-hydrogen) atoms. The quantitative estimate of drug-likeness (QED) is 0.233. The molecule has 6 amide bonds. The number of ether oxygens (including phenoxy) is 2. The van der Waals surface area contributed by atoms with Gasteiger partial charge in [0, 0.05) is 33.5 Å². The van der Waals surface area contributed by atoms with Gasteiger partial charge in [-0.3, -0.25) is 33.6 Å². The number of carbonyl (C=O) groups excluding carboxylic acids is 7. The van der Waals surface area contributed by atoms with Crippen molar-refractivity contribution in [3.8, 4) is 5.75 Å². The molecular weight excluding hydrogens is 720 g/mol. The Morgan fingerprint density at radius 2 is 1.71 bits per heavy atom. The number of rotatable bonds is 12. The van der Waals surface area contributed by atoms with E-state index in [1.54, 1.807) is 62.6 Å². The van der Waals surface area contributed by atoms with Gasteiger partial charge in [0.15, 0.2) is 0 Å². The molecule has 0 aromatic heterocycles. The number of amides is 6. The van der Waals surface area contributed by atoms with Crippen LogP contribution in [0.4, 0.5) is 0 Å². The summed E-state index contributed by atoms with van der Waals surface area (Å²) in [5, 5.41) is 10.6. The van der Waals surface area contributed by atoms with Gasteiger partial charge < -0.3 is 40.5 Å². The van der Waals surface area contributed by atoms with Gasteiger partial charge in [-0.05, 0) is 35.1 Å². The summed E-state index contributed by atoms with van der Waals surface area (Å²) in [6.07, 6.45) is 1.45. The zero-order valence-electron chi connectivity index (χ0n) is 33.2. The Morgan fingerprint density at radius 1 is 0.982 bits per heavy atom. The first kappa shape index (κ1) is 43.4. The Hall–Kier alpha value is -5.31. The number of Topliss-reactive ketones (excluding diaryl/α,β-unsaturated/α-hetero) is 1. The van der Waals surface area contributed by atoms with E-state index in [9.17, 15) is 33.6 Å². The first-order valence-corrected chi connectivity index (χ1v) is 19.2. The second-order valence-corrected chi connectivity index (χ2v) is 15.5. The molecule has 1 fully saturated rings. The van der Waals surface area contributed by atoms with Crippen LogP contribution in [0.2, 0.25) is 0 Å². The maximum atomic E-state index is 14.3. The van der Waals surface area contributed by atoms with Crippen molar-refractivity contribution < 1.29 is 43.0 Å². The lowest BCUT2D eigenvalue weighted by molar-refractivity contribution is -0.145. The monoisotopic (exact) mass is 776 g/mol. The maximum absolute atomic E-state index is 14.3. The van der Waals surface area contributed by atoms with Crippen molar-refractivity contribution in [1.29, 1.82) is 0 Å². The molecule has 0 aliphatic carbocycles. The molecule has 2 aliphatic rings. The zero-order chi connectivity index (χ0) is 41.0. The molecular formula is C41H56N6O9. The van der Waals surface area contributed by atoms with Crippen LogP contribution in [-0.4, -0.2) is 116 Å². The maximum Gasteiger partial charge on any atom is 0.290 e. The minimum absolute atomic E-state index is 0.0134. The van der Waals surface area contributed by atoms with E-state index in [1.165, 1.54) is 9.80 Å². The fraction of sp³-hybridized carbons (Fsp3) is 0.537. The Labute approximate surface area is 328 Å². The van der Waals surface area contributed by atoms with Gasteiger partial charge in [-0.25, -0.2) is 0 Å². The highest BCUT2D eigenvalue weighted by molar-refractivity contribution is 6.38. The smallest absolute Gasteiger partial charge is 0.290 e. The molecule has 0 spiro atoms. The van der Waals surface area contributed by atoms with Crippen molar-refractivity contribution in [2.45, 2.75) is 96.5 Å². The molecule has 4 rings (SSSR count). The summed E-state index contributed by atoms with van der Waals surface area (Å²) in [7, 11) is 3.11. The molecule has 2 aromatic carbocycles. The largest absolute Gasteiger partial charge is 0.493 e. The normalized spacial score (nSPS) is 20.1. The average Bonchev–Trinajstić information content (AvgIpc) is 3.59. The van der Waals surface area contributed by atoms with Gasteiger partial charge in [-0.15, -0.1) is 0 Å². The van der Waals surface area contributed by atoms with E-state index in [4.69, 9.17) is 9.47 Å². The van der Waals surface area contributed by atoms with Gasteiger partial charge in [0.05, 0.1) is 38.3 Å². The summed E-state index contributed by atoms with van der Waals surface area (Å²) in [6.45, 7) is 7.50. The molecule has 2 aliphatic heterocycles. The molecule has 15 nitrogen and oxygen atoms in total. The van der Waals surface area contributed by atoms with Crippen LogP contribution in [0.5, 0.6) is 5.75 Å². The lowest BCUT2D eigenvalue weighted by atomic mass is 9.85. The number of nitrogens with one attached hydrogen (secondary N) is 4. The first-order valence-electron chi connectivity index (χ1n) is 19.2. The Kier molecular flexibility index (Phi) is 15.5. The van der Waals surface area contributed by atoms with E-state index in [1.807, 2.05) is 33.8 Å². The topological polar surface area (TPSA) is 193 Å². The molecule has 15 heteroatoms. The van der Waals surface area contributed by atoms with Crippen molar-refractivity contribution >= 4 is 41.2 Å². The van der Waals surface area contributed by atoms with Gasteiger partial charge in [-0.1, -0.05) is 83.0 Å². The lowest BCUT2D eigenvalue weighted by Gasteiger charge is -2.35. The van der Waals surface area contributed by atoms with Gasteiger partial charge in [-0.2, -0.15) is 0 Å². The van der Waals surface area contributed by atoms with E-state index < -0.39 is 71.6 Å². The van der Waals surface area contributed by atoms with Crippen LogP contribution in [0.25, 0.3) is 0 Å². The Bertz CT molecular complexity index is 1730. The molecule has 4 bridgehead atoms. The molecule has 0 unspecified atom stereocenters. The van der Waals surface area contributed by atoms with E-state index >= 15 is 0 Å². The van der Waals surface area contributed by atoms with E-state index in [2.05, 4.69) is 21.3 Å². The number of benzene rings is 2. The van der Waals surface area contributed by atoms with E-state index in [-0.39, 0.29) is 37.6 Å². The third-order valence-corrected chi connectivity index (χ3v) is 9.68. The van der Waals surface area contributed by atoms with Crippen LogP contribution < -0.4 is 26.0 Å². The summed E-state index contributed by atoms with van der Waals surface area (Å²) in [4.78, 5) is 97.0. The SMILES string of the molecule is CCCC[C@@H](NC(=O)[C@@H]1C[C@@H]2CN1C(=O)[C@H](C(C)(C)C)NC(=O)Cc1cccc(c1)OCCCO2)C(=O)C(=O)NCC(=O)N[C@H](C(=O)N(C)C)c1ccccc1. The zero-order valence-corrected chi connectivity index (χ0v) is 33.2. The summed E-state index contributed by atoms with van der Waals surface area (Å²) in [5.41, 5.74) is 0.514. The summed E-state index contributed by atoms with van der Waals surface area (Å²) in [6, 6.07) is 11.5. The molecule has 0 saturated carbocycles. The minimum atomic E-state index is -1.25. The van der Waals surface area contributed by atoms with Gasteiger partial charge in [0.1, 0.15) is 23.9 Å². The summed E-state index contributed by atoms with van der Waals surface area (Å²) < 4.78 is 12.0. The third-order valence-electron chi connectivity index (χ3n) is 9.68. The number of likely N-dealkylation sites (N-methyl/N-ethyl adjacent to an activating group) is 1. The van der Waals surface area contributed by atoms with Gasteiger partial charge in [0.2, 0.25) is 35.3 Å². The summed E-state index contributed by atoms with van der Waals surface area (Å²) in [5.74, 6) is -3.99. The van der Waals surface area contributed by atoms with Crippen molar-refractivity contribution in [2.24, 2.45) is 5.41 Å². The molecule has 304 valence electrons. The van der Waals surface area contributed by atoms with Crippen molar-refractivity contribution in [2.75, 3.05) is 40.4 Å². The lowest BCUT2D eigenvalue weighted by Crippen LogP contribution is -2.59. The van der Waals surface area contributed by atoms with Crippen LogP contribution in [0.15, 0.2) is 54.6 Å². The standard InChI is InChI=1S/C41H56N6O9/c1-7-8-18-30(35(50)38(52)42-24-33(49)44-34(39(53)46(5)6)27-15-10-9-11-16-27)43-37(51)31-23-29-25-47(31)40(54)36(41(2,3)4)45-32(48)22-26-14-12-17-28(21-26)55-19-13-20-56-29/h9-12,14-17,21,29-31,34,36H,7-8,13,18-20,22-25H2,1-6H3,(H,42,52)(H,43,51)(H,44,49)(H,45,48)/t29-,30-,31+,34+,36-/m1/s1. The average molecular weight is 777 g/mol. The molecule has 0 radical (unpaired) electrons. The van der Waals surface area contributed by atoms with Crippen LogP contribution in [0, 0.1) is 5.41 Å². The van der Waals surface area contributed by atoms with Crippen molar-refractivity contribution in [3.05, 3.63) is 65.7 Å². The fourth-order valence-corrected chi connectivity index (χ4v) is 6.62. The number of carbonyl (C=O) groups is 7. The number of hydrogen-bond donors (Lipinski definition) is 4. The predicted molar refractivity (Wildman–Crippen MR) is 207 cm³/mol. The summed E-state index contributed by atoms with van der Waals surface area (Å²) >= 11 is 0. The molecule has 4 N–H and O–H groups in total. The molecule has 2 heterocycles. The number of nitrogens with zero attached hydrogens (tertiary/aromatic N) is 2. The highest BCUT2D eigenvalue weighted by atomic mass is 16.5. The molecule has 2 aromatic rings. The van der Waals surface area contributed by atoms with Gasteiger partial charge in [0.25, 0.3) is 5.91 Å². The molecule has 5 atom stereocenters. The highest BCUT2D eigenvalue weighted by Crippen LogP contribution is 2.28. The fourth-order valence-electron chi connectivity index (χ4n) is 6.62. The minimum Gasteiger partial charge on any atom is -0.493 e. The van der Waals surface area contributed by atoms with Crippen LogP contribution in [0.1, 0.15) is 77.0 Å². The number of fused-ring (bicyclic) bond motifs is 4. The Morgan fingerprint density at radius 3 is 2.39 bits per heavy atom. The second-order valence-electron chi connectivity index (χ2n) is 15.5. The third kappa shape index (κ3) is 12.1. The molecule has 1 saturated heterocycles. The first-order chi connectivity index (χ1) is 26.6. The van der Waals surface area contributed by atoms with Crippen molar-refractivity contribution in [3.63, 3.8) is 0 Å². The number of hydrogen-bond acceptors (Lipinski definition) is 9. The second kappa shape index (κ2) is 20.0. The number of ketones is 1. The van der Waals surface area contributed by atoms with Crippen LogP contribution in [0.3, 0.4) is 0 Å². The number of unbranched alkanes of at least 4 members (excludes halogenated alkanes) is 1.